The summed E-state index contributed by atoms with van der Waals surface area (Å²) >= 11 is 7.62. The maximum Gasteiger partial charge on any atom is 0.242 e. The first kappa shape index (κ1) is 22.8. The first-order valence-corrected chi connectivity index (χ1v) is 12.4. The van der Waals surface area contributed by atoms with Crippen LogP contribution in [0.2, 0.25) is 5.02 Å². The number of anilines is 2. The van der Waals surface area contributed by atoms with E-state index in [9.17, 15) is 9.18 Å². The van der Waals surface area contributed by atoms with Crippen LogP contribution in [0.25, 0.3) is 10.2 Å². The Morgan fingerprint density at radius 1 is 1.12 bits per heavy atom. The van der Waals surface area contributed by atoms with E-state index in [1.807, 2.05) is 18.2 Å². The summed E-state index contributed by atoms with van der Waals surface area (Å²) < 4.78 is 14.0. The van der Waals surface area contributed by atoms with E-state index in [1.165, 1.54) is 55.6 Å². The Morgan fingerprint density at radius 3 is 2.69 bits per heavy atom. The number of benzene rings is 2. The van der Waals surface area contributed by atoms with Crippen molar-refractivity contribution in [2.75, 3.05) is 23.7 Å². The minimum Gasteiger partial charge on any atom is -0.383 e. The van der Waals surface area contributed by atoms with Crippen molar-refractivity contribution in [2.45, 2.75) is 44.6 Å². The Hall–Kier alpha value is -2.38. The summed E-state index contributed by atoms with van der Waals surface area (Å²) in [6.07, 6.45) is 6.91. The number of nitrogens with zero attached hydrogens (tertiary/aromatic N) is 1. The van der Waals surface area contributed by atoms with Crippen LogP contribution in [0.4, 0.5) is 15.2 Å². The van der Waals surface area contributed by atoms with E-state index in [4.69, 9.17) is 11.6 Å². The molecule has 1 unspecified atom stereocenters. The third-order valence-electron chi connectivity index (χ3n) is 5.86. The molecule has 1 saturated carbocycles. The van der Waals surface area contributed by atoms with Gasteiger partial charge in [0.2, 0.25) is 5.91 Å². The lowest BCUT2D eigenvalue weighted by Crippen LogP contribution is -2.42. The van der Waals surface area contributed by atoms with E-state index in [1.54, 1.807) is 12.1 Å². The fraction of sp³-hybridized carbons (Fsp3) is 0.417. The third kappa shape index (κ3) is 6.33. The maximum atomic E-state index is 13.1. The predicted molar refractivity (Wildman–Crippen MR) is 131 cm³/mol. The second-order valence-electron chi connectivity index (χ2n) is 8.29. The first-order chi connectivity index (χ1) is 15.6. The van der Waals surface area contributed by atoms with Crippen LogP contribution >= 0.6 is 22.9 Å². The number of nitrogens with one attached hydrogen (secondary N) is 3. The van der Waals surface area contributed by atoms with Gasteiger partial charge < -0.3 is 16.0 Å². The minimum atomic E-state index is -0.333. The molecule has 32 heavy (non-hydrogen) atoms. The standard InChI is InChI=1S/C24H28ClFN4OS/c25-17-6-11-20-22(15-17)32-24(29-20)30-21(14-16-4-2-1-3-5-16)23(31)28-13-12-27-19-9-7-18(26)8-10-19/h6-11,15-16,21,27H,1-5,12-14H2,(H,28,31)(H,29,30). The Morgan fingerprint density at radius 2 is 1.91 bits per heavy atom. The fourth-order valence-electron chi connectivity index (χ4n) is 4.18. The molecular formula is C24H28ClFN4OS. The minimum absolute atomic E-state index is 0.0197. The molecule has 0 saturated heterocycles. The third-order valence-corrected chi connectivity index (χ3v) is 7.04. The van der Waals surface area contributed by atoms with Crippen molar-refractivity contribution in [1.29, 1.82) is 0 Å². The van der Waals surface area contributed by atoms with Crippen molar-refractivity contribution in [3.63, 3.8) is 0 Å². The number of carbonyl (C=O) groups excluding carboxylic acids is 1. The number of carbonyl (C=O) groups is 1. The summed E-state index contributed by atoms with van der Waals surface area (Å²) in [4.78, 5) is 17.7. The second kappa shape index (κ2) is 11.0. The van der Waals surface area contributed by atoms with Crippen LogP contribution in [0.5, 0.6) is 0 Å². The van der Waals surface area contributed by atoms with Crippen molar-refractivity contribution in [2.24, 2.45) is 5.92 Å². The summed E-state index contributed by atoms with van der Waals surface area (Å²) in [6, 6.07) is 11.5. The molecule has 1 aromatic heterocycles. The SMILES string of the molecule is O=C(NCCNc1ccc(F)cc1)C(CC1CCCCC1)Nc1nc2ccc(Cl)cc2s1. The Balaban J connectivity index is 1.36. The average molecular weight is 475 g/mol. The number of hydrogen-bond acceptors (Lipinski definition) is 5. The van der Waals surface area contributed by atoms with Crippen molar-refractivity contribution in [3.8, 4) is 0 Å². The number of fused-ring (bicyclic) bond motifs is 1. The van der Waals surface area contributed by atoms with Gasteiger partial charge in [0.05, 0.1) is 10.2 Å². The molecule has 0 bridgehead atoms. The summed E-state index contributed by atoms with van der Waals surface area (Å²) in [5.41, 5.74) is 1.70. The van der Waals surface area contributed by atoms with Crippen LogP contribution in [0.15, 0.2) is 42.5 Å². The van der Waals surface area contributed by atoms with Gasteiger partial charge in [0.15, 0.2) is 5.13 Å². The Kier molecular flexibility index (Phi) is 7.81. The molecule has 2 aromatic carbocycles. The number of amides is 1. The molecule has 3 N–H and O–H groups in total. The van der Waals surface area contributed by atoms with Gasteiger partial charge in [-0.3, -0.25) is 4.79 Å². The number of rotatable bonds is 9. The lowest BCUT2D eigenvalue weighted by Gasteiger charge is -2.26. The number of aromatic nitrogens is 1. The van der Waals surface area contributed by atoms with E-state index in [-0.39, 0.29) is 17.8 Å². The molecule has 1 atom stereocenters. The Labute approximate surface area is 196 Å². The fourth-order valence-corrected chi connectivity index (χ4v) is 5.37. The zero-order chi connectivity index (χ0) is 22.3. The molecule has 1 amide bonds. The largest absolute Gasteiger partial charge is 0.383 e. The van der Waals surface area contributed by atoms with Crippen molar-refractivity contribution in [1.82, 2.24) is 10.3 Å². The molecular weight excluding hydrogens is 447 g/mol. The molecule has 8 heteroatoms. The molecule has 3 aromatic rings. The van der Waals surface area contributed by atoms with Gasteiger partial charge in [-0.15, -0.1) is 0 Å². The highest BCUT2D eigenvalue weighted by molar-refractivity contribution is 7.22. The summed E-state index contributed by atoms with van der Waals surface area (Å²) in [6.45, 7) is 1.04. The van der Waals surface area contributed by atoms with Gasteiger partial charge in [-0.05, 0) is 54.8 Å². The monoisotopic (exact) mass is 474 g/mol. The lowest BCUT2D eigenvalue weighted by atomic mass is 9.84. The van der Waals surface area contributed by atoms with Gasteiger partial charge >= 0.3 is 0 Å². The number of hydrogen-bond donors (Lipinski definition) is 3. The summed E-state index contributed by atoms with van der Waals surface area (Å²) in [5.74, 6) is 0.263. The highest BCUT2D eigenvalue weighted by Gasteiger charge is 2.25. The van der Waals surface area contributed by atoms with Gasteiger partial charge in [0, 0.05) is 23.8 Å². The molecule has 170 valence electrons. The summed E-state index contributed by atoms with van der Waals surface area (Å²) in [7, 11) is 0. The quantitative estimate of drug-likeness (QED) is 0.329. The highest BCUT2D eigenvalue weighted by Crippen LogP contribution is 2.31. The van der Waals surface area contributed by atoms with Crippen LogP contribution in [0, 0.1) is 11.7 Å². The molecule has 1 aliphatic carbocycles. The Bertz CT molecular complexity index is 1040. The smallest absolute Gasteiger partial charge is 0.242 e. The second-order valence-corrected chi connectivity index (χ2v) is 9.76. The van der Waals surface area contributed by atoms with Crippen LogP contribution < -0.4 is 16.0 Å². The van der Waals surface area contributed by atoms with Crippen LogP contribution in [-0.4, -0.2) is 30.0 Å². The number of thiazole rings is 1. The highest BCUT2D eigenvalue weighted by atomic mass is 35.5. The average Bonchev–Trinajstić information content (AvgIpc) is 3.19. The molecule has 0 radical (unpaired) electrons. The van der Waals surface area contributed by atoms with Crippen LogP contribution in [0.3, 0.4) is 0 Å². The predicted octanol–water partition coefficient (Wildman–Crippen LogP) is 6.07. The number of halogens is 2. The van der Waals surface area contributed by atoms with Gasteiger partial charge in [0.25, 0.3) is 0 Å². The molecule has 0 spiro atoms. The van der Waals surface area contributed by atoms with E-state index >= 15 is 0 Å². The van der Waals surface area contributed by atoms with Crippen molar-refractivity contribution in [3.05, 3.63) is 53.3 Å². The van der Waals surface area contributed by atoms with Crippen LogP contribution in [0.1, 0.15) is 38.5 Å². The lowest BCUT2D eigenvalue weighted by molar-refractivity contribution is -0.122. The summed E-state index contributed by atoms with van der Waals surface area (Å²) in [5, 5.41) is 11.0. The van der Waals surface area contributed by atoms with Gasteiger partial charge in [-0.2, -0.15) is 0 Å². The first-order valence-electron chi connectivity index (χ1n) is 11.2. The van der Waals surface area contributed by atoms with Gasteiger partial charge in [-0.1, -0.05) is 55.0 Å². The zero-order valence-electron chi connectivity index (χ0n) is 17.9. The van der Waals surface area contributed by atoms with Crippen LogP contribution in [-0.2, 0) is 4.79 Å². The molecule has 1 fully saturated rings. The molecule has 4 rings (SSSR count). The van der Waals surface area contributed by atoms with E-state index < -0.39 is 0 Å². The van der Waals surface area contributed by atoms with E-state index in [0.29, 0.717) is 24.0 Å². The maximum absolute atomic E-state index is 13.1. The molecule has 0 aliphatic heterocycles. The molecule has 1 aliphatic rings. The normalized spacial score (nSPS) is 15.4. The van der Waals surface area contributed by atoms with Crippen molar-refractivity contribution >= 4 is 49.9 Å². The van der Waals surface area contributed by atoms with E-state index in [0.717, 1.165) is 27.5 Å². The zero-order valence-corrected chi connectivity index (χ0v) is 19.4. The molecule has 5 nitrogen and oxygen atoms in total. The van der Waals surface area contributed by atoms with E-state index in [2.05, 4.69) is 20.9 Å². The topological polar surface area (TPSA) is 66.1 Å². The molecule has 1 heterocycles. The van der Waals surface area contributed by atoms with Gasteiger partial charge in [0.1, 0.15) is 11.9 Å². The van der Waals surface area contributed by atoms with Crippen molar-refractivity contribution < 1.29 is 9.18 Å². The van der Waals surface area contributed by atoms with Gasteiger partial charge in [-0.25, -0.2) is 9.37 Å².